The van der Waals surface area contributed by atoms with Crippen LogP contribution in [0.2, 0.25) is 0 Å². The first-order valence-corrected chi connectivity index (χ1v) is 8.64. The van der Waals surface area contributed by atoms with Crippen molar-refractivity contribution in [3.05, 3.63) is 65.7 Å². The maximum absolute atomic E-state index is 12.1. The molecule has 0 fully saturated rings. The van der Waals surface area contributed by atoms with E-state index in [-0.39, 0.29) is 24.2 Å². The first-order valence-electron chi connectivity index (χ1n) is 8.64. The zero-order valence-electron chi connectivity index (χ0n) is 15.4. The Labute approximate surface area is 154 Å². The van der Waals surface area contributed by atoms with Gasteiger partial charge in [-0.25, -0.2) is 0 Å². The van der Waals surface area contributed by atoms with Crippen molar-refractivity contribution >= 4 is 11.9 Å². The van der Waals surface area contributed by atoms with Gasteiger partial charge in [0.2, 0.25) is 0 Å². The molecule has 1 amide bonds. The zero-order chi connectivity index (χ0) is 18.9. The lowest BCUT2D eigenvalue weighted by Gasteiger charge is -2.16. The van der Waals surface area contributed by atoms with Crippen molar-refractivity contribution in [3.8, 4) is 5.75 Å². The number of hydrogen-bond acceptors (Lipinski definition) is 4. The van der Waals surface area contributed by atoms with Gasteiger partial charge in [-0.05, 0) is 36.1 Å². The van der Waals surface area contributed by atoms with E-state index in [1.165, 1.54) is 0 Å². The van der Waals surface area contributed by atoms with E-state index in [9.17, 15) is 9.59 Å². The average Bonchev–Trinajstić information content (AvgIpc) is 2.66. The highest BCUT2D eigenvalue weighted by Gasteiger charge is 2.19. The van der Waals surface area contributed by atoms with Crippen LogP contribution in [0.3, 0.4) is 0 Å². The summed E-state index contributed by atoms with van der Waals surface area (Å²) in [5, 5.41) is 2.77. The Morgan fingerprint density at radius 1 is 1.00 bits per heavy atom. The van der Waals surface area contributed by atoms with Crippen molar-refractivity contribution in [1.82, 2.24) is 5.32 Å². The van der Waals surface area contributed by atoms with Crippen molar-refractivity contribution in [2.24, 2.45) is 0 Å². The van der Waals surface area contributed by atoms with Crippen LogP contribution in [0.25, 0.3) is 0 Å². The van der Waals surface area contributed by atoms with Crippen LogP contribution in [0, 0.1) is 0 Å². The molecule has 0 aliphatic rings. The number of ether oxygens (including phenoxy) is 2. The minimum Gasteiger partial charge on any atom is -0.497 e. The standard InChI is InChI=1S/C21H25NO4/c1-15(18-7-5-4-6-8-18)13-20(23)26-16(2)21(24)22-14-17-9-11-19(25-3)12-10-17/h4-12,15-16H,13-14H2,1-3H3,(H,22,24)/t15-,16-/m1/s1. The summed E-state index contributed by atoms with van der Waals surface area (Å²) < 4.78 is 10.4. The van der Waals surface area contributed by atoms with Gasteiger partial charge in [0.15, 0.2) is 6.10 Å². The maximum atomic E-state index is 12.1. The molecule has 0 aliphatic carbocycles. The molecule has 0 radical (unpaired) electrons. The fourth-order valence-corrected chi connectivity index (χ4v) is 2.52. The number of amides is 1. The highest BCUT2D eigenvalue weighted by molar-refractivity contribution is 5.83. The fourth-order valence-electron chi connectivity index (χ4n) is 2.52. The van der Waals surface area contributed by atoms with E-state index in [4.69, 9.17) is 9.47 Å². The summed E-state index contributed by atoms with van der Waals surface area (Å²) in [6.45, 7) is 3.91. The Hall–Kier alpha value is -2.82. The molecule has 0 bridgehead atoms. The minimum atomic E-state index is -0.830. The molecule has 1 N–H and O–H groups in total. The van der Waals surface area contributed by atoms with E-state index >= 15 is 0 Å². The Kier molecular flexibility index (Phi) is 7.21. The van der Waals surface area contributed by atoms with Crippen LogP contribution in [0.1, 0.15) is 37.3 Å². The molecule has 2 aromatic rings. The first kappa shape index (κ1) is 19.5. The third-order valence-electron chi connectivity index (χ3n) is 4.14. The number of esters is 1. The molecule has 2 rings (SSSR count). The number of carbonyl (C=O) groups excluding carboxylic acids is 2. The van der Waals surface area contributed by atoms with E-state index in [1.54, 1.807) is 14.0 Å². The van der Waals surface area contributed by atoms with Crippen LogP contribution >= 0.6 is 0 Å². The molecule has 0 saturated heterocycles. The smallest absolute Gasteiger partial charge is 0.307 e. The molecule has 0 heterocycles. The third-order valence-corrected chi connectivity index (χ3v) is 4.14. The molecule has 0 unspecified atom stereocenters. The third kappa shape index (κ3) is 5.92. The summed E-state index contributed by atoms with van der Waals surface area (Å²) in [4.78, 5) is 24.2. The topological polar surface area (TPSA) is 64.6 Å². The molecule has 0 aromatic heterocycles. The summed E-state index contributed by atoms with van der Waals surface area (Å²) in [6.07, 6.45) is -0.594. The molecule has 5 heteroatoms. The number of nitrogens with one attached hydrogen (secondary N) is 1. The van der Waals surface area contributed by atoms with Gasteiger partial charge in [0.1, 0.15) is 5.75 Å². The van der Waals surface area contributed by atoms with E-state index in [0.717, 1.165) is 16.9 Å². The van der Waals surface area contributed by atoms with Gasteiger partial charge in [-0.15, -0.1) is 0 Å². The lowest BCUT2D eigenvalue weighted by molar-refractivity contribution is -0.155. The second kappa shape index (κ2) is 9.61. The van der Waals surface area contributed by atoms with Gasteiger partial charge in [-0.3, -0.25) is 9.59 Å². The largest absolute Gasteiger partial charge is 0.497 e. The van der Waals surface area contributed by atoms with Gasteiger partial charge in [-0.1, -0.05) is 49.4 Å². The molecule has 0 spiro atoms. The van der Waals surface area contributed by atoms with Crippen LogP contribution < -0.4 is 10.1 Å². The van der Waals surface area contributed by atoms with Crippen LogP contribution in [0.5, 0.6) is 5.75 Å². The van der Waals surface area contributed by atoms with Crippen molar-refractivity contribution in [1.29, 1.82) is 0 Å². The van der Waals surface area contributed by atoms with E-state index in [0.29, 0.717) is 6.54 Å². The Balaban J connectivity index is 1.77. The Morgan fingerprint density at radius 3 is 2.27 bits per heavy atom. The van der Waals surface area contributed by atoms with E-state index in [1.807, 2.05) is 61.5 Å². The van der Waals surface area contributed by atoms with Gasteiger partial charge in [0, 0.05) is 6.54 Å². The molecule has 2 aromatic carbocycles. The monoisotopic (exact) mass is 355 g/mol. The van der Waals surface area contributed by atoms with Gasteiger partial charge in [-0.2, -0.15) is 0 Å². The number of rotatable bonds is 8. The van der Waals surface area contributed by atoms with Crippen LogP contribution in [-0.4, -0.2) is 25.1 Å². The SMILES string of the molecule is COc1ccc(CNC(=O)[C@@H](C)OC(=O)C[C@@H](C)c2ccccc2)cc1. The fraction of sp³-hybridized carbons (Fsp3) is 0.333. The second-order valence-corrected chi connectivity index (χ2v) is 6.21. The number of carbonyl (C=O) groups is 2. The molecular weight excluding hydrogens is 330 g/mol. The average molecular weight is 355 g/mol. The predicted molar refractivity (Wildman–Crippen MR) is 99.9 cm³/mol. The van der Waals surface area contributed by atoms with Crippen LogP contribution in [0.4, 0.5) is 0 Å². The van der Waals surface area contributed by atoms with Gasteiger partial charge in [0.05, 0.1) is 13.5 Å². The Morgan fingerprint density at radius 2 is 1.65 bits per heavy atom. The number of benzene rings is 2. The lowest BCUT2D eigenvalue weighted by Crippen LogP contribution is -2.35. The van der Waals surface area contributed by atoms with E-state index in [2.05, 4.69) is 5.32 Å². The van der Waals surface area contributed by atoms with Gasteiger partial charge < -0.3 is 14.8 Å². The minimum absolute atomic E-state index is 0.0401. The van der Waals surface area contributed by atoms with Crippen molar-refractivity contribution in [2.75, 3.05) is 7.11 Å². The number of methoxy groups -OCH3 is 1. The van der Waals surface area contributed by atoms with Gasteiger partial charge in [0.25, 0.3) is 5.91 Å². The normalized spacial score (nSPS) is 12.7. The van der Waals surface area contributed by atoms with Crippen LogP contribution in [0.15, 0.2) is 54.6 Å². The summed E-state index contributed by atoms with van der Waals surface area (Å²) in [5.74, 6) is 0.100. The lowest BCUT2D eigenvalue weighted by atomic mass is 9.98. The molecule has 0 saturated carbocycles. The van der Waals surface area contributed by atoms with Crippen molar-refractivity contribution < 1.29 is 19.1 Å². The maximum Gasteiger partial charge on any atom is 0.307 e. The first-order chi connectivity index (χ1) is 12.5. The number of hydrogen-bond donors (Lipinski definition) is 1. The molecule has 0 aliphatic heterocycles. The Bertz CT molecular complexity index is 713. The molecule has 26 heavy (non-hydrogen) atoms. The van der Waals surface area contributed by atoms with Gasteiger partial charge >= 0.3 is 5.97 Å². The molecule has 5 nitrogen and oxygen atoms in total. The van der Waals surface area contributed by atoms with E-state index < -0.39 is 6.10 Å². The second-order valence-electron chi connectivity index (χ2n) is 6.21. The highest BCUT2D eigenvalue weighted by atomic mass is 16.5. The molecule has 138 valence electrons. The zero-order valence-corrected chi connectivity index (χ0v) is 15.4. The van der Waals surface area contributed by atoms with Crippen molar-refractivity contribution in [2.45, 2.75) is 38.8 Å². The van der Waals surface area contributed by atoms with Crippen molar-refractivity contribution in [3.63, 3.8) is 0 Å². The summed E-state index contributed by atoms with van der Waals surface area (Å²) in [6, 6.07) is 17.2. The summed E-state index contributed by atoms with van der Waals surface area (Å²) in [7, 11) is 1.60. The summed E-state index contributed by atoms with van der Waals surface area (Å²) >= 11 is 0. The van der Waals surface area contributed by atoms with Crippen LogP contribution in [-0.2, 0) is 20.9 Å². The predicted octanol–water partition coefficient (Wildman–Crippen LogP) is 3.44. The summed E-state index contributed by atoms with van der Waals surface area (Å²) in [5.41, 5.74) is 2.01. The molecular formula is C21H25NO4. The molecule has 2 atom stereocenters. The highest BCUT2D eigenvalue weighted by Crippen LogP contribution is 2.19. The quantitative estimate of drug-likeness (QED) is 0.737.